The van der Waals surface area contributed by atoms with E-state index in [0.717, 1.165) is 40.9 Å². The molecule has 0 bridgehead atoms. The van der Waals surface area contributed by atoms with Crippen molar-refractivity contribution in [1.82, 2.24) is 20.6 Å². The number of nitrogens with zero attached hydrogens (tertiary/aromatic N) is 1. The van der Waals surface area contributed by atoms with Crippen molar-refractivity contribution in [3.63, 3.8) is 0 Å². The molecule has 0 saturated heterocycles. The second-order valence-electron chi connectivity index (χ2n) is 8.23. The molecular formula is C24H30N4O4. The number of imidazole rings is 1. The zero-order valence-corrected chi connectivity index (χ0v) is 18.4. The van der Waals surface area contributed by atoms with Gasteiger partial charge in [-0.3, -0.25) is 0 Å². The molecule has 2 amide bonds. The third kappa shape index (κ3) is 5.31. The maximum absolute atomic E-state index is 12.8. The van der Waals surface area contributed by atoms with Crippen LogP contribution in [0.25, 0.3) is 11.0 Å². The highest BCUT2D eigenvalue weighted by atomic mass is 16.5. The Bertz CT molecular complexity index is 1040. The summed E-state index contributed by atoms with van der Waals surface area (Å²) < 4.78 is 10.6. The topological polar surface area (TPSA) is 108 Å². The Morgan fingerprint density at radius 3 is 2.47 bits per heavy atom. The molecule has 1 aliphatic carbocycles. The first kappa shape index (κ1) is 22.0. The number of fused-ring (bicyclic) bond motifs is 1. The number of aliphatic hydroxyl groups is 1. The molecule has 170 valence electrons. The molecular weight excluding hydrogens is 408 g/mol. The van der Waals surface area contributed by atoms with Gasteiger partial charge < -0.3 is 30.2 Å². The van der Waals surface area contributed by atoms with Gasteiger partial charge in [0.1, 0.15) is 17.3 Å². The molecule has 1 heterocycles. The number of carbonyl (C=O) groups excluding carboxylic acids is 1. The summed E-state index contributed by atoms with van der Waals surface area (Å²) in [6, 6.07) is 12.9. The zero-order valence-electron chi connectivity index (χ0n) is 18.4. The fourth-order valence-electron chi connectivity index (χ4n) is 4.12. The molecule has 1 saturated carbocycles. The van der Waals surface area contributed by atoms with E-state index in [4.69, 9.17) is 14.5 Å². The summed E-state index contributed by atoms with van der Waals surface area (Å²) in [4.78, 5) is 20.9. The molecule has 4 rings (SSSR count). The number of nitrogens with one attached hydrogen (secondary N) is 3. The predicted octanol–water partition coefficient (Wildman–Crippen LogP) is 3.47. The number of benzene rings is 2. The first-order valence-corrected chi connectivity index (χ1v) is 11.0. The molecule has 1 atom stereocenters. The molecule has 32 heavy (non-hydrogen) atoms. The van der Waals surface area contributed by atoms with E-state index < -0.39 is 0 Å². The Morgan fingerprint density at radius 2 is 1.78 bits per heavy atom. The van der Waals surface area contributed by atoms with Gasteiger partial charge in [-0.1, -0.05) is 12.1 Å². The second-order valence-corrected chi connectivity index (χ2v) is 8.23. The SMILES string of the molecule is COc1ccc(C[C@@H](NC(=O)N[C@H]2CC[C@H](O)CC2)c2nc3cc(OC)ccc3[nH]2)cc1. The van der Waals surface area contributed by atoms with Gasteiger partial charge in [0, 0.05) is 12.1 Å². The zero-order chi connectivity index (χ0) is 22.5. The molecule has 0 aliphatic heterocycles. The summed E-state index contributed by atoms with van der Waals surface area (Å²) in [7, 11) is 3.26. The second kappa shape index (κ2) is 9.91. The molecule has 0 unspecified atom stereocenters. The van der Waals surface area contributed by atoms with E-state index in [1.807, 2.05) is 42.5 Å². The van der Waals surface area contributed by atoms with Crippen molar-refractivity contribution in [2.75, 3.05) is 14.2 Å². The fourth-order valence-corrected chi connectivity index (χ4v) is 4.12. The highest BCUT2D eigenvalue weighted by molar-refractivity contribution is 5.78. The molecule has 2 aromatic carbocycles. The molecule has 0 radical (unpaired) electrons. The van der Waals surface area contributed by atoms with E-state index in [1.54, 1.807) is 14.2 Å². The number of hydrogen-bond donors (Lipinski definition) is 4. The number of amides is 2. The fraction of sp³-hybridized carbons (Fsp3) is 0.417. The molecule has 1 aliphatic rings. The Labute approximate surface area is 187 Å². The van der Waals surface area contributed by atoms with Gasteiger partial charge in [0.15, 0.2) is 0 Å². The number of hydrogen-bond acceptors (Lipinski definition) is 5. The van der Waals surface area contributed by atoms with Crippen molar-refractivity contribution >= 4 is 17.1 Å². The number of H-pyrrole nitrogens is 1. The van der Waals surface area contributed by atoms with Crippen LogP contribution >= 0.6 is 0 Å². The largest absolute Gasteiger partial charge is 0.497 e. The lowest BCUT2D eigenvalue weighted by atomic mass is 9.93. The van der Waals surface area contributed by atoms with Crippen LogP contribution in [0.3, 0.4) is 0 Å². The van der Waals surface area contributed by atoms with Gasteiger partial charge in [-0.2, -0.15) is 0 Å². The van der Waals surface area contributed by atoms with Crippen molar-refractivity contribution in [2.45, 2.75) is 50.3 Å². The quantitative estimate of drug-likeness (QED) is 0.452. The number of methoxy groups -OCH3 is 2. The summed E-state index contributed by atoms with van der Waals surface area (Å²) in [6.45, 7) is 0. The molecule has 1 aromatic heterocycles. The lowest BCUT2D eigenvalue weighted by Crippen LogP contribution is -2.45. The van der Waals surface area contributed by atoms with Crippen molar-refractivity contribution in [2.24, 2.45) is 0 Å². The van der Waals surface area contributed by atoms with Gasteiger partial charge in [0.2, 0.25) is 0 Å². The average molecular weight is 439 g/mol. The van der Waals surface area contributed by atoms with E-state index in [-0.39, 0.29) is 24.2 Å². The van der Waals surface area contributed by atoms with E-state index in [1.165, 1.54) is 0 Å². The Hall–Kier alpha value is -3.26. The number of urea groups is 1. The van der Waals surface area contributed by atoms with Gasteiger partial charge in [-0.15, -0.1) is 0 Å². The lowest BCUT2D eigenvalue weighted by Gasteiger charge is -2.27. The van der Waals surface area contributed by atoms with Crippen LogP contribution in [0, 0.1) is 0 Å². The summed E-state index contributed by atoms with van der Waals surface area (Å²) in [6.07, 6.45) is 3.30. The Morgan fingerprint density at radius 1 is 1.09 bits per heavy atom. The van der Waals surface area contributed by atoms with Crippen LogP contribution in [0.5, 0.6) is 11.5 Å². The van der Waals surface area contributed by atoms with Crippen LogP contribution in [0.1, 0.15) is 43.1 Å². The number of ether oxygens (including phenoxy) is 2. The first-order chi connectivity index (χ1) is 15.5. The van der Waals surface area contributed by atoms with E-state index in [2.05, 4.69) is 15.6 Å². The minimum Gasteiger partial charge on any atom is -0.497 e. The molecule has 4 N–H and O–H groups in total. The lowest BCUT2D eigenvalue weighted by molar-refractivity contribution is 0.117. The van der Waals surface area contributed by atoms with Crippen LogP contribution in [-0.4, -0.2) is 47.5 Å². The monoisotopic (exact) mass is 438 g/mol. The van der Waals surface area contributed by atoms with Gasteiger partial charge in [-0.25, -0.2) is 9.78 Å². The number of aromatic nitrogens is 2. The van der Waals surface area contributed by atoms with Crippen molar-refractivity contribution in [3.05, 3.63) is 53.9 Å². The molecule has 8 heteroatoms. The molecule has 8 nitrogen and oxygen atoms in total. The van der Waals surface area contributed by atoms with Crippen LogP contribution in [-0.2, 0) is 6.42 Å². The normalized spacial score (nSPS) is 19.3. The van der Waals surface area contributed by atoms with E-state index in [0.29, 0.717) is 25.1 Å². The van der Waals surface area contributed by atoms with Crippen molar-refractivity contribution in [1.29, 1.82) is 0 Å². The molecule has 0 spiro atoms. The van der Waals surface area contributed by atoms with Crippen molar-refractivity contribution in [3.8, 4) is 11.5 Å². The Kier molecular flexibility index (Phi) is 6.80. The minimum absolute atomic E-state index is 0.0694. The highest BCUT2D eigenvalue weighted by Crippen LogP contribution is 2.24. The average Bonchev–Trinajstić information content (AvgIpc) is 3.24. The van der Waals surface area contributed by atoms with Crippen LogP contribution in [0.4, 0.5) is 4.79 Å². The van der Waals surface area contributed by atoms with Gasteiger partial charge in [-0.05, 0) is 61.9 Å². The smallest absolute Gasteiger partial charge is 0.315 e. The van der Waals surface area contributed by atoms with Crippen LogP contribution < -0.4 is 20.1 Å². The standard InChI is InChI=1S/C24H30N4O4/c1-31-18-9-3-15(4-10-18)13-22(28-24(30)25-16-5-7-17(29)8-6-16)23-26-20-12-11-19(32-2)14-21(20)27-23/h3-4,9-12,14,16-17,22,29H,5-8,13H2,1-2H3,(H,26,27)(H2,25,28,30)/t16-,17-,22-/m1/s1. The first-order valence-electron chi connectivity index (χ1n) is 11.0. The number of aromatic amines is 1. The van der Waals surface area contributed by atoms with Gasteiger partial charge >= 0.3 is 6.03 Å². The third-order valence-electron chi connectivity index (χ3n) is 5.97. The number of carbonyl (C=O) groups is 1. The van der Waals surface area contributed by atoms with E-state index >= 15 is 0 Å². The summed E-state index contributed by atoms with van der Waals surface area (Å²) >= 11 is 0. The Balaban J connectivity index is 1.53. The summed E-state index contributed by atoms with van der Waals surface area (Å²) in [5, 5.41) is 15.8. The van der Waals surface area contributed by atoms with E-state index in [9.17, 15) is 9.90 Å². The summed E-state index contributed by atoms with van der Waals surface area (Å²) in [5.74, 6) is 2.19. The number of aliphatic hydroxyl groups excluding tert-OH is 1. The predicted molar refractivity (Wildman–Crippen MR) is 122 cm³/mol. The molecule has 1 fully saturated rings. The van der Waals surface area contributed by atoms with Crippen LogP contribution in [0.15, 0.2) is 42.5 Å². The van der Waals surface area contributed by atoms with Crippen molar-refractivity contribution < 1.29 is 19.4 Å². The molecule has 3 aromatic rings. The van der Waals surface area contributed by atoms with Gasteiger partial charge in [0.25, 0.3) is 0 Å². The highest BCUT2D eigenvalue weighted by Gasteiger charge is 2.24. The summed E-state index contributed by atoms with van der Waals surface area (Å²) in [5.41, 5.74) is 2.71. The maximum atomic E-state index is 12.8. The van der Waals surface area contributed by atoms with Crippen LogP contribution in [0.2, 0.25) is 0 Å². The number of rotatable bonds is 7. The minimum atomic E-state index is -0.351. The maximum Gasteiger partial charge on any atom is 0.315 e. The third-order valence-corrected chi connectivity index (χ3v) is 5.97. The van der Waals surface area contributed by atoms with Gasteiger partial charge in [0.05, 0.1) is 37.4 Å².